The van der Waals surface area contributed by atoms with Gasteiger partial charge < -0.3 is 9.64 Å². The van der Waals surface area contributed by atoms with Gasteiger partial charge in [-0.2, -0.15) is 4.98 Å². The molecule has 2 aromatic heterocycles. The second-order valence-electron chi connectivity index (χ2n) is 7.70. The Bertz CT molecular complexity index is 1100. The van der Waals surface area contributed by atoms with Crippen molar-refractivity contribution >= 4 is 23.0 Å². The van der Waals surface area contributed by atoms with Crippen molar-refractivity contribution < 1.29 is 9.53 Å². The maximum Gasteiger partial charge on any atom is 0.326 e. The maximum atomic E-state index is 13.6. The van der Waals surface area contributed by atoms with Gasteiger partial charge in [0.15, 0.2) is 5.65 Å². The summed E-state index contributed by atoms with van der Waals surface area (Å²) < 4.78 is 6.58. The molecule has 1 aliphatic heterocycles. The summed E-state index contributed by atoms with van der Waals surface area (Å²) in [5, 5.41) is 0.419. The van der Waals surface area contributed by atoms with Crippen LogP contribution in [0.15, 0.2) is 47.4 Å². The lowest BCUT2D eigenvalue weighted by atomic mass is 9.99. The molecule has 0 unspecified atom stereocenters. The molecule has 1 aliphatic rings. The topological polar surface area (TPSA) is 77.3 Å². The number of hydrogen-bond donors (Lipinski definition) is 0. The van der Waals surface area contributed by atoms with Crippen LogP contribution in [-0.2, 0) is 16.1 Å². The maximum absolute atomic E-state index is 13.6. The molecule has 0 bridgehead atoms. The first-order valence-corrected chi connectivity index (χ1v) is 10.4. The van der Waals surface area contributed by atoms with Crippen LogP contribution in [0.3, 0.4) is 0 Å². The number of hydrogen-bond acceptors (Lipinski definition) is 6. The van der Waals surface area contributed by atoms with Gasteiger partial charge in [0.1, 0.15) is 6.54 Å². The molecule has 0 amide bonds. The van der Waals surface area contributed by atoms with Crippen LogP contribution < -0.4 is 10.5 Å². The van der Waals surface area contributed by atoms with Crippen LogP contribution in [0.25, 0.3) is 22.2 Å². The van der Waals surface area contributed by atoms with E-state index in [4.69, 9.17) is 9.72 Å². The zero-order chi connectivity index (χ0) is 21.1. The first-order valence-electron chi connectivity index (χ1n) is 10.4. The second kappa shape index (κ2) is 8.65. The minimum Gasteiger partial charge on any atom is -0.465 e. The van der Waals surface area contributed by atoms with E-state index in [9.17, 15) is 9.59 Å². The van der Waals surface area contributed by atoms with Gasteiger partial charge in [0.25, 0.3) is 5.56 Å². The number of nitrogens with zero attached hydrogens (tertiary/aromatic N) is 4. The van der Waals surface area contributed by atoms with Gasteiger partial charge in [-0.3, -0.25) is 14.2 Å². The van der Waals surface area contributed by atoms with Crippen LogP contribution >= 0.6 is 0 Å². The normalized spacial score (nSPS) is 14.8. The number of carbonyl (C=O) groups is 1. The van der Waals surface area contributed by atoms with E-state index in [2.05, 4.69) is 16.8 Å². The highest BCUT2D eigenvalue weighted by molar-refractivity contribution is 5.92. The molecule has 4 rings (SSSR count). The average molecular weight is 406 g/mol. The number of piperidine rings is 1. The molecule has 1 saturated heterocycles. The van der Waals surface area contributed by atoms with Crippen LogP contribution in [-0.4, -0.2) is 40.2 Å². The van der Waals surface area contributed by atoms with Crippen molar-refractivity contribution in [1.29, 1.82) is 0 Å². The molecule has 0 atom stereocenters. The fourth-order valence-corrected chi connectivity index (χ4v) is 3.91. The Morgan fingerprint density at radius 3 is 2.60 bits per heavy atom. The standard InChI is InChI=1S/C23H26N4O3/c1-3-30-19(28)15-27-22(29)20-18(17-7-5-4-6-8-17)9-12-24-21(20)25-23(27)26-13-10-16(2)11-14-26/h4-9,12,16H,3,10-11,13-15H2,1-2H3. The minimum atomic E-state index is -0.447. The van der Waals surface area contributed by atoms with Gasteiger partial charge in [-0.05, 0) is 42.9 Å². The van der Waals surface area contributed by atoms with Gasteiger partial charge in [0.2, 0.25) is 5.95 Å². The number of aromatic nitrogens is 3. The largest absolute Gasteiger partial charge is 0.465 e. The highest BCUT2D eigenvalue weighted by Crippen LogP contribution is 2.27. The van der Waals surface area contributed by atoms with Gasteiger partial charge in [-0.25, -0.2) is 4.98 Å². The zero-order valence-electron chi connectivity index (χ0n) is 17.4. The Kier molecular flexibility index (Phi) is 5.79. The van der Waals surface area contributed by atoms with Crippen LogP contribution in [0.1, 0.15) is 26.7 Å². The number of pyridine rings is 1. The third-order valence-corrected chi connectivity index (χ3v) is 5.58. The number of anilines is 1. The van der Waals surface area contributed by atoms with Crippen molar-refractivity contribution in [3.8, 4) is 11.1 Å². The molecular weight excluding hydrogens is 380 g/mol. The van der Waals surface area contributed by atoms with Crippen molar-refractivity contribution in [2.24, 2.45) is 5.92 Å². The molecule has 7 nitrogen and oxygen atoms in total. The van der Waals surface area contributed by atoms with Gasteiger partial charge in [-0.1, -0.05) is 37.3 Å². The summed E-state index contributed by atoms with van der Waals surface area (Å²) in [5.41, 5.74) is 1.80. The van der Waals surface area contributed by atoms with Crippen molar-refractivity contribution in [2.75, 3.05) is 24.6 Å². The molecule has 1 fully saturated rings. The molecule has 156 valence electrons. The quantitative estimate of drug-likeness (QED) is 0.606. The Morgan fingerprint density at radius 2 is 1.90 bits per heavy atom. The summed E-state index contributed by atoms with van der Waals surface area (Å²) in [7, 11) is 0. The highest BCUT2D eigenvalue weighted by Gasteiger charge is 2.24. The van der Waals surface area contributed by atoms with E-state index in [-0.39, 0.29) is 18.7 Å². The third kappa shape index (κ3) is 3.92. The third-order valence-electron chi connectivity index (χ3n) is 5.58. The first kappa shape index (κ1) is 20.1. The molecule has 0 spiro atoms. The highest BCUT2D eigenvalue weighted by atomic mass is 16.5. The first-order chi connectivity index (χ1) is 14.6. The Labute approximate surface area is 175 Å². The van der Waals surface area contributed by atoms with E-state index in [1.54, 1.807) is 13.1 Å². The molecular formula is C23H26N4O3. The van der Waals surface area contributed by atoms with Crippen LogP contribution in [0.5, 0.6) is 0 Å². The molecule has 0 aliphatic carbocycles. The summed E-state index contributed by atoms with van der Waals surface area (Å²) in [6.07, 6.45) is 3.71. The summed E-state index contributed by atoms with van der Waals surface area (Å²) in [6, 6.07) is 11.5. The van der Waals surface area contributed by atoms with E-state index >= 15 is 0 Å². The van der Waals surface area contributed by atoms with Gasteiger partial charge >= 0.3 is 5.97 Å². The van der Waals surface area contributed by atoms with E-state index in [1.807, 2.05) is 36.4 Å². The predicted molar refractivity (Wildman–Crippen MR) is 116 cm³/mol. The lowest BCUT2D eigenvalue weighted by Crippen LogP contribution is -2.39. The summed E-state index contributed by atoms with van der Waals surface area (Å²) in [6.45, 7) is 5.66. The van der Waals surface area contributed by atoms with Gasteiger partial charge in [0, 0.05) is 19.3 Å². The second-order valence-corrected chi connectivity index (χ2v) is 7.70. The van der Waals surface area contributed by atoms with E-state index < -0.39 is 5.97 Å². The number of benzene rings is 1. The van der Waals surface area contributed by atoms with E-state index in [0.29, 0.717) is 22.9 Å². The van der Waals surface area contributed by atoms with Crippen LogP contribution in [0.4, 0.5) is 5.95 Å². The molecule has 0 N–H and O–H groups in total. The van der Waals surface area contributed by atoms with Crippen LogP contribution in [0, 0.1) is 5.92 Å². The molecule has 1 aromatic carbocycles. The molecule has 7 heteroatoms. The van der Waals surface area contributed by atoms with E-state index in [1.165, 1.54) is 4.57 Å². The fraction of sp³-hybridized carbons (Fsp3) is 0.391. The number of rotatable bonds is 5. The van der Waals surface area contributed by atoms with Crippen molar-refractivity contribution in [1.82, 2.24) is 14.5 Å². The Morgan fingerprint density at radius 1 is 1.17 bits per heavy atom. The van der Waals surface area contributed by atoms with E-state index in [0.717, 1.165) is 37.1 Å². The lowest BCUT2D eigenvalue weighted by molar-refractivity contribution is -0.143. The lowest BCUT2D eigenvalue weighted by Gasteiger charge is -2.32. The van der Waals surface area contributed by atoms with Crippen molar-refractivity contribution in [3.05, 3.63) is 52.9 Å². The Hall–Kier alpha value is -3.22. The molecule has 30 heavy (non-hydrogen) atoms. The Balaban J connectivity index is 1.90. The van der Waals surface area contributed by atoms with Crippen molar-refractivity contribution in [2.45, 2.75) is 33.2 Å². The van der Waals surface area contributed by atoms with Crippen molar-refractivity contribution in [3.63, 3.8) is 0 Å². The van der Waals surface area contributed by atoms with Gasteiger partial charge in [0.05, 0.1) is 12.0 Å². The number of fused-ring (bicyclic) bond motifs is 1. The summed E-state index contributed by atoms with van der Waals surface area (Å²) in [5.74, 6) is 0.678. The number of carbonyl (C=O) groups excluding carboxylic acids is 1. The number of ether oxygens (including phenoxy) is 1. The fourth-order valence-electron chi connectivity index (χ4n) is 3.91. The molecule has 3 aromatic rings. The smallest absolute Gasteiger partial charge is 0.326 e. The molecule has 0 radical (unpaired) electrons. The monoisotopic (exact) mass is 406 g/mol. The average Bonchev–Trinajstić information content (AvgIpc) is 2.76. The molecule has 0 saturated carbocycles. The SMILES string of the molecule is CCOC(=O)Cn1c(N2CCC(C)CC2)nc2nccc(-c3ccccc3)c2c1=O. The number of esters is 1. The zero-order valence-corrected chi connectivity index (χ0v) is 17.4. The van der Waals surface area contributed by atoms with Gasteiger partial charge in [-0.15, -0.1) is 0 Å². The summed E-state index contributed by atoms with van der Waals surface area (Å²) >= 11 is 0. The molecule has 3 heterocycles. The van der Waals surface area contributed by atoms with Crippen LogP contribution in [0.2, 0.25) is 0 Å². The predicted octanol–water partition coefficient (Wildman–Crippen LogP) is 3.26. The summed E-state index contributed by atoms with van der Waals surface area (Å²) in [4.78, 5) is 37.2. The minimum absolute atomic E-state index is 0.167.